The molecule has 0 fully saturated rings. The molecule has 0 atom stereocenters. The number of nitrogens with one attached hydrogen (secondary N) is 1. The number of aromatic nitrogens is 4. The molecule has 0 saturated heterocycles. The van der Waals surface area contributed by atoms with Gasteiger partial charge in [-0.1, -0.05) is 0 Å². The topological polar surface area (TPSA) is 108 Å². The van der Waals surface area contributed by atoms with Gasteiger partial charge in [-0.05, 0) is 13.8 Å². The molecule has 0 aromatic carbocycles. The van der Waals surface area contributed by atoms with Crippen LogP contribution in [0.2, 0.25) is 0 Å². The van der Waals surface area contributed by atoms with E-state index in [4.69, 9.17) is 15.2 Å². The number of nitrogens with two attached hydrogens (primary N) is 1. The average molecular weight is 239 g/mol. The quantitative estimate of drug-likeness (QED) is 0.767. The van der Waals surface area contributed by atoms with Gasteiger partial charge < -0.3 is 15.2 Å². The number of hydrogen-bond donors (Lipinski definition) is 2. The van der Waals surface area contributed by atoms with Crippen molar-refractivity contribution < 1.29 is 9.47 Å². The van der Waals surface area contributed by atoms with Gasteiger partial charge in [0.1, 0.15) is 0 Å². The zero-order chi connectivity index (χ0) is 12.6. The number of hydrogen-bond acceptors (Lipinski definition) is 6. The SMILES string of the molecule is COc1nc2nc(N)[nH]n2c(=O)c1OC(C)C. The van der Waals surface area contributed by atoms with Gasteiger partial charge in [-0.3, -0.25) is 9.89 Å². The predicted octanol–water partition coefficient (Wildman–Crippen LogP) is -0.204. The molecule has 0 bridgehead atoms. The van der Waals surface area contributed by atoms with Crippen LogP contribution in [0.15, 0.2) is 4.79 Å². The third-order valence-electron chi connectivity index (χ3n) is 1.99. The molecule has 3 N–H and O–H groups in total. The van der Waals surface area contributed by atoms with Crippen molar-refractivity contribution in [3.05, 3.63) is 10.4 Å². The third kappa shape index (κ3) is 1.88. The second-order valence-corrected chi connectivity index (χ2v) is 3.67. The highest BCUT2D eigenvalue weighted by Crippen LogP contribution is 2.20. The molecule has 2 heterocycles. The third-order valence-corrected chi connectivity index (χ3v) is 1.99. The number of nitrogen functional groups attached to an aromatic ring is 1. The maximum atomic E-state index is 12.0. The number of H-pyrrole nitrogens is 1. The number of ether oxygens (including phenoxy) is 2. The molecule has 8 nitrogen and oxygen atoms in total. The molecule has 2 aromatic heterocycles. The van der Waals surface area contributed by atoms with Crippen molar-refractivity contribution in [1.29, 1.82) is 0 Å². The Labute approximate surface area is 96.4 Å². The Bertz CT molecular complexity index is 600. The lowest BCUT2D eigenvalue weighted by molar-refractivity contribution is 0.222. The zero-order valence-electron chi connectivity index (χ0n) is 9.72. The summed E-state index contributed by atoms with van der Waals surface area (Å²) in [7, 11) is 1.40. The van der Waals surface area contributed by atoms with Crippen LogP contribution in [0.25, 0.3) is 5.78 Å². The van der Waals surface area contributed by atoms with Crippen LogP contribution in [-0.2, 0) is 0 Å². The van der Waals surface area contributed by atoms with Gasteiger partial charge in [-0.2, -0.15) is 14.5 Å². The number of methoxy groups -OCH3 is 1. The van der Waals surface area contributed by atoms with Crippen LogP contribution in [-0.4, -0.2) is 32.8 Å². The largest absolute Gasteiger partial charge is 0.481 e. The van der Waals surface area contributed by atoms with Gasteiger partial charge in [-0.25, -0.2) is 0 Å². The van der Waals surface area contributed by atoms with Gasteiger partial charge in [0.15, 0.2) is 0 Å². The van der Waals surface area contributed by atoms with E-state index in [1.165, 1.54) is 7.11 Å². The Morgan fingerprint density at radius 3 is 2.71 bits per heavy atom. The van der Waals surface area contributed by atoms with Crippen LogP contribution in [0.4, 0.5) is 5.95 Å². The van der Waals surface area contributed by atoms with Gasteiger partial charge in [0.05, 0.1) is 13.2 Å². The molecule has 0 aliphatic carbocycles. The lowest BCUT2D eigenvalue weighted by Gasteiger charge is -2.11. The number of aromatic amines is 1. The molecule has 0 amide bonds. The van der Waals surface area contributed by atoms with E-state index in [0.717, 1.165) is 4.52 Å². The van der Waals surface area contributed by atoms with Crippen molar-refractivity contribution in [2.45, 2.75) is 20.0 Å². The molecule has 0 aliphatic rings. The van der Waals surface area contributed by atoms with Crippen molar-refractivity contribution in [2.24, 2.45) is 0 Å². The first-order valence-corrected chi connectivity index (χ1v) is 5.01. The minimum atomic E-state index is -0.440. The number of anilines is 1. The Kier molecular flexibility index (Phi) is 2.62. The summed E-state index contributed by atoms with van der Waals surface area (Å²) in [6.07, 6.45) is -0.170. The lowest BCUT2D eigenvalue weighted by atomic mass is 10.4. The summed E-state index contributed by atoms with van der Waals surface area (Å²) in [6.45, 7) is 3.60. The minimum absolute atomic E-state index is 0.0312. The van der Waals surface area contributed by atoms with E-state index >= 15 is 0 Å². The predicted molar refractivity (Wildman–Crippen MR) is 60.3 cm³/mol. The van der Waals surface area contributed by atoms with E-state index in [-0.39, 0.29) is 29.5 Å². The molecule has 2 rings (SSSR count). The number of rotatable bonds is 3. The maximum Gasteiger partial charge on any atom is 0.320 e. The highest BCUT2D eigenvalue weighted by molar-refractivity contribution is 5.42. The standard InChI is InChI=1S/C9H13N5O3/c1-4(2)17-5-6(16-3)11-9-12-8(10)13-14(9)7(5)15/h4H,1-3H3,(H3,10,11,12,13). The van der Waals surface area contributed by atoms with E-state index in [2.05, 4.69) is 15.1 Å². The fraction of sp³-hybridized carbons (Fsp3) is 0.444. The summed E-state index contributed by atoms with van der Waals surface area (Å²) in [5, 5.41) is 2.56. The summed E-state index contributed by atoms with van der Waals surface area (Å²) in [5.74, 6) is 0.359. The Hall–Kier alpha value is -2.25. The van der Waals surface area contributed by atoms with Crippen LogP contribution in [0.1, 0.15) is 13.8 Å². The second-order valence-electron chi connectivity index (χ2n) is 3.67. The minimum Gasteiger partial charge on any atom is -0.481 e. The molecule has 8 heteroatoms. The van der Waals surface area contributed by atoms with Crippen molar-refractivity contribution in [2.75, 3.05) is 12.8 Å². The zero-order valence-corrected chi connectivity index (χ0v) is 9.72. The molecular weight excluding hydrogens is 226 g/mol. The van der Waals surface area contributed by atoms with E-state index in [1.807, 2.05) is 0 Å². The smallest absolute Gasteiger partial charge is 0.320 e. The van der Waals surface area contributed by atoms with Crippen LogP contribution in [0.3, 0.4) is 0 Å². The van der Waals surface area contributed by atoms with Gasteiger partial charge in [0.2, 0.25) is 11.7 Å². The van der Waals surface area contributed by atoms with Crippen molar-refractivity contribution in [3.8, 4) is 11.6 Å². The fourth-order valence-corrected chi connectivity index (χ4v) is 1.37. The van der Waals surface area contributed by atoms with E-state index < -0.39 is 5.56 Å². The average Bonchev–Trinajstić information content (AvgIpc) is 2.62. The summed E-state index contributed by atoms with van der Waals surface area (Å²) in [5.41, 5.74) is 5.01. The van der Waals surface area contributed by atoms with E-state index in [0.29, 0.717) is 0 Å². The summed E-state index contributed by atoms with van der Waals surface area (Å²) >= 11 is 0. The summed E-state index contributed by atoms with van der Waals surface area (Å²) < 4.78 is 11.5. The molecule has 2 aromatic rings. The summed E-state index contributed by atoms with van der Waals surface area (Å²) in [4.78, 5) is 19.9. The molecule has 0 aliphatic heterocycles. The van der Waals surface area contributed by atoms with Crippen LogP contribution in [0.5, 0.6) is 11.6 Å². The molecule has 0 saturated carbocycles. The molecule has 17 heavy (non-hydrogen) atoms. The molecule has 0 spiro atoms. The summed E-state index contributed by atoms with van der Waals surface area (Å²) in [6, 6.07) is 0. The highest BCUT2D eigenvalue weighted by Gasteiger charge is 2.18. The monoisotopic (exact) mass is 239 g/mol. The first-order chi connectivity index (χ1) is 8.02. The highest BCUT2D eigenvalue weighted by atomic mass is 16.5. The van der Waals surface area contributed by atoms with Gasteiger partial charge in [0, 0.05) is 0 Å². The van der Waals surface area contributed by atoms with Crippen molar-refractivity contribution in [3.63, 3.8) is 0 Å². The van der Waals surface area contributed by atoms with Crippen LogP contribution in [0, 0.1) is 0 Å². The molecule has 0 unspecified atom stereocenters. The Balaban J connectivity index is 2.71. The van der Waals surface area contributed by atoms with Crippen molar-refractivity contribution in [1.82, 2.24) is 19.6 Å². The Morgan fingerprint density at radius 2 is 2.12 bits per heavy atom. The van der Waals surface area contributed by atoms with Gasteiger partial charge >= 0.3 is 5.56 Å². The normalized spacial score (nSPS) is 11.1. The van der Waals surface area contributed by atoms with E-state index in [1.54, 1.807) is 13.8 Å². The lowest BCUT2D eigenvalue weighted by Crippen LogP contribution is -2.22. The second kappa shape index (κ2) is 3.96. The molecule has 92 valence electrons. The Morgan fingerprint density at radius 1 is 1.41 bits per heavy atom. The first-order valence-electron chi connectivity index (χ1n) is 5.01. The van der Waals surface area contributed by atoms with Gasteiger partial charge in [-0.15, -0.1) is 0 Å². The number of nitrogens with zero attached hydrogens (tertiary/aromatic N) is 3. The first kappa shape index (κ1) is 11.2. The molecule has 0 radical (unpaired) electrons. The molecular formula is C9H13N5O3. The van der Waals surface area contributed by atoms with E-state index in [9.17, 15) is 4.79 Å². The van der Waals surface area contributed by atoms with Crippen molar-refractivity contribution >= 4 is 11.7 Å². The number of fused-ring (bicyclic) bond motifs is 1. The fourth-order valence-electron chi connectivity index (χ4n) is 1.37. The maximum absolute atomic E-state index is 12.0. The van der Waals surface area contributed by atoms with Crippen LogP contribution >= 0.6 is 0 Å². The van der Waals surface area contributed by atoms with Crippen LogP contribution < -0.4 is 20.8 Å². The van der Waals surface area contributed by atoms with Gasteiger partial charge in [0.25, 0.3) is 11.7 Å².